The minimum Gasteiger partial charge on any atom is -0.393 e. The van der Waals surface area contributed by atoms with Gasteiger partial charge >= 0.3 is 0 Å². The van der Waals surface area contributed by atoms with Crippen LogP contribution in [0.4, 0.5) is 0 Å². The second kappa shape index (κ2) is 6.90. The van der Waals surface area contributed by atoms with Crippen molar-refractivity contribution in [3.63, 3.8) is 0 Å². The van der Waals surface area contributed by atoms with Gasteiger partial charge in [-0.1, -0.05) is 13.8 Å². The van der Waals surface area contributed by atoms with Crippen LogP contribution in [0.2, 0.25) is 0 Å². The van der Waals surface area contributed by atoms with Crippen molar-refractivity contribution in [3.05, 3.63) is 17.0 Å². The minimum absolute atomic E-state index is 0.224. The Kier molecular flexibility index (Phi) is 5.82. The second-order valence-electron chi connectivity index (χ2n) is 5.08. The summed E-state index contributed by atoms with van der Waals surface area (Å²) in [5.41, 5.74) is 3.91. The molecule has 0 aliphatic heterocycles. The summed E-state index contributed by atoms with van der Waals surface area (Å²) in [5.74, 6) is 0. The van der Waals surface area contributed by atoms with Crippen LogP contribution in [0.1, 0.15) is 44.1 Å². The molecule has 1 aromatic heterocycles. The normalized spacial score (nSPS) is 13.3. The van der Waals surface area contributed by atoms with Crippen molar-refractivity contribution in [1.29, 1.82) is 0 Å². The van der Waals surface area contributed by atoms with Crippen LogP contribution in [0.3, 0.4) is 0 Å². The van der Waals surface area contributed by atoms with Crippen molar-refractivity contribution in [1.82, 2.24) is 14.7 Å². The minimum atomic E-state index is -0.224. The summed E-state index contributed by atoms with van der Waals surface area (Å²) >= 11 is 0. The maximum absolute atomic E-state index is 9.33. The molecule has 1 rings (SSSR count). The van der Waals surface area contributed by atoms with Crippen LogP contribution >= 0.6 is 0 Å². The Morgan fingerprint density at radius 2 is 2.00 bits per heavy atom. The van der Waals surface area contributed by atoms with Crippen molar-refractivity contribution in [2.75, 3.05) is 13.6 Å². The van der Waals surface area contributed by atoms with Gasteiger partial charge in [0, 0.05) is 31.4 Å². The van der Waals surface area contributed by atoms with Gasteiger partial charge in [0.25, 0.3) is 0 Å². The van der Waals surface area contributed by atoms with Gasteiger partial charge in [-0.3, -0.25) is 4.68 Å². The summed E-state index contributed by atoms with van der Waals surface area (Å²) in [4.78, 5) is 2.27. The molecule has 0 bridgehead atoms. The van der Waals surface area contributed by atoms with Crippen molar-refractivity contribution in [3.8, 4) is 0 Å². The van der Waals surface area contributed by atoms with Gasteiger partial charge in [0.2, 0.25) is 0 Å². The lowest BCUT2D eigenvalue weighted by Crippen LogP contribution is -2.23. The highest BCUT2D eigenvalue weighted by Gasteiger charge is 2.15. The van der Waals surface area contributed by atoms with Crippen LogP contribution in [0.25, 0.3) is 0 Å². The van der Waals surface area contributed by atoms with Crippen molar-refractivity contribution < 1.29 is 5.11 Å². The van der Waals surface area contributed by atoms with E-state index in [1.165, 1.54) is 17.0 Å². The van der Waals surface area contributed by atoms with Crippen LogP contribution in [-0.2, 0) is 26.4 Å². The molecule has 1 atom stereocenters. The number of aliphatic hydroxyl groups excluding tert-OH is 1. The first kappa shape index (κ1) is 15.2. The second-order valence-corrected chi connectivity index (χ2v) is 5.08. The molecular weight excluding hydrogens is 226 g/mol. The van der Waals surface area contributed by atoms with E-state index in [4.69, 9.17) is 0 Å². The molecule has 1 heterocycles. The summed E-state index contributed by atoms with van der Waals surface area (Å²) in [6.07, 6.45) is 2.59. The molecule has 0 radical (unpaired) electrons. The van der Waals surface area contributed by atoms with E-state index in [2.05, 4.69) is 30.9 Å². The van der Waals surface area contributed by atoms with E-state index < -0.39 is 0 Å². The predicted octanol–water partition coefficient (Wildman–Crippen LogP) is 1.75. The van der Waals surface area contributed by atoms with E-state index in [1.807, 2.05) is 18.7 Å². The average Bonchev–Trinajstić information content (AvgIpc) is 2.62. The lowest BCUT2D eigenvalue weighted by molar-refractivity contribution is 0.162. The Bertz CT molecular complexity index is 371. The third-order valence-electron chi connectivity index (χ3n) is 3.38. The monoisotopic (exact) mass is 253 g/mol. The summed E-state index contributed by atoms with van der Waals surface area (Å²) in [6.45, 7) is 8.01. The summed E-state index contributed by atoms with van der Waals surface area (Å²) in [6, 6.07) is 0. The van der Waals surface area contributed by atoms with E-state index in [-0.39, 0.29) is 6.10 Å². The van der Waals surface area contributed by atoms with Crippen molar-refractivity contribution >= 4 is 0 Å². The molecule has 0 amide bonds. The molecule has 18 heavy (non-hydrogen) atoms. The molecule has 1 unspecified atom stereocenters. The molecule has 0 aliphatic rings. The van der Waals surface area contributed by atoms with Gasteiger partial charge in [0.05, 0.1) is 11.8 Å². The number of aryl methyl sites for hydroxylation is 2. The van der Waals surface area contributed by atoms with Crippen molar-refractivity contribution in [2.45, 2.75) is 52.7 Å². The Morgan fingerprint density at radius 1 is 1.33 bits per heavy atom. The van der Waals surface area contributed by atoms with Gasteiger partial charge in [0.15, 0.2) is 0 Å². The Labute approximate surface area is 111 Å². The average molecular weight is 253 g/mol. The number of nitrogens with zero attached hydrogens (tertiary/aromatic N) is 3. The third-order valence-corrected chi connectivity index (χ3v) is 3.38. The summed E-state index contributed by atoms with van der Waals surface area (Å²) < 4.78 is 2.01. The molecule has 0 aliphatic carbocycles. The molecule has 0 spiro atoms. The number of hydrogen-bond acceptors (Lipinski definition) is 3. The van der Waals surface area contributed by atoms with E-state index in [9.17, 15) is 5.11 Å². The fourth-order valence-corrected chi connectivity index (χ4v) is 2.33. The van der Waals surface area contributed by atoms with Gasteiger partial charge in [-0.25, -0.2) is 0 Å². The SMILES string of the molecule is CCc1nn(C)c(CC)c1CN(C)CCC(C)O. The van der Waals surface area contributed by atoms with Gasteiger partial charge in [-0.05, 0) is 33.2 Å². The molecule has 1 N–H and O–H groups in total. The largest absolute Gasteiger partial charge is 0.393 e. The highest BCUT2D eigenvalue weighted by Crippen LogP contribution is 2.17. The zero-order chi connectivity index (χ0) is 13.7. The molecule has 4 nitrogen and oxygen atoms in total. The quantitative estimate of drug-likeness (QED) is 0.805. The van der Waals surface area contributed by atoms with Gasteiger partial charge in [-0.2, -0.15) is 5.10 Å². The maximum Gasteiger partial charge on any atom is 0.0669 e. The lowest BCUT2D eigenvalue weighted by atomic mass is 10.1. The van der Waals surface area contributed by atoms with E-state index in [0.29, 0.717) is 0 Å². The first-order valence-corrected chi connectivity index (χ1v) is 6.89. The topological polar surface area (TPSA) is 41.3 Å². The Hall–Kier alpha value is -0.870. The van der Waals surface area contributed by atoms with Crippen LogP contribution in [0, 0.1) is 0 Å². The third kappa shape index (κ3) is 3.82. The van der Waals surface area contributed by atoms with Crippen LogP contribution in [0.15, 0.2) is 0 Å². The number of aromatic nitrogens is 2. The van der Waals surface area contributed by atoms with Gasteiger partial charge < -0.3 is 10.0 Å². The van der Waals surface area contributed by atoms with Crippen LogP contribution in [-0.4, -0.2) is 39.5 Å². The first-order valence-electron chi connectivity index (χ1n) is 6.89. The smallest absolute Gasteiger partial charge is 0.0669 e. The summed E-state index contributed by atoms with van der Waals surface area (Å²) in [7, 11) is 4.13. The van der Waals surface area contributed by atoms with E-state index >= 15 is 0 Å². The molecule has 1 aromatic rings. The van der Waals surface area contributed by atoms with E-state index in [1.54, 1.807) is 0 Å². The molecule has 4 heteroatoms. The van der Waals surface area contributed by atoms with Gasteiger partial charge in [-0.15, -0.1) is 0 Å². The molecule has 0 fully saturated rings. The highest BCUT2D eigenvalue weighted by molar-refractivity contribution is 5.26. The molecule has 0 aromatic carbocycles. The zero-order valence-electron chi connectivity index (χ0n) is 12.4. The number of hydrogen-bond donors (Lipinski definition) is 1. The zero-order valence-corrected chi connectivity index (χ0v) is 12.4. The highest BCUT2D eigenvalue weighted by atomic mass is 16.3. The lowest BCUT2D eigenvalue weighted by Gasteiger charge is -2.18. The first-order chi connectivity index (χ1) is 8.49. The molecular formula is C14H27N3O. The summed E-state index contributed by atoms with van der Waals surface area (Å²) in [5, 5.41) is 13.9. The number of aliphatic hydroxyl groups is 1. The molecule has 0 saturated heterocycles. The van der Waals surface area contributed by atoms with Gasteiger partial charge in [0.1, 0.15) is 0 Å². The maximum atomic E-state index is 9.33. The molecule has 0 saturated carbocycles. The fourth-order valence-electron chi connectivity index (χ4n) is 2.33. The number of rotatable bonds is 7. The fraction of sp³-hybridized carbons (Fsp3) is 0.786. The predicted molar refractivity (Wildman–Crippen MR) is 74.6 cm³/mol. The van der Waals surface area contributed by atoms with Crippen LogP contribution in [0.5, 0.6) is 0 Å². The van der Waals surface area contributed by atoms with Crippen LogP contribution < -0.4 is 0 Å². The van der Waals surface area contributed by atoms with Crippen molar-refractivity contribution in [2.24, 2.45) is 7.05 Å². The Balaban J connectivity index is 2.75. The molecule has 104 valence electrons. The van der Waals surface area contributed by atoms with E-state index in [0.717, 1.165) is 32.4 Å². The standard InChI is InChI=1S/C14H27N3O/c1-6-13-12(14(7-2)17(5)15-13)10-16(4)9-8-11(3)18/h11,18H,6-10H2,1-5H3. The Morgan fingerprint density at radius 3 is 2.50 bits per heavy atom.